The first kappa shape index (κ1) is 13.6. The van der Waals surface area contributed by atoms with Crippen molar-refractivity contribution in [2.75, 3.05) is 0 Å². The number of aromatic nitrogens is 1. The van der Waals surface area contributed by atoms with Gasteiger partial charge in [-0.1, -0.05) is 37.0 Å². The number of carbonyl (C=O) groups is 1. The first-order valence-electron chi connectivity index (χ1n) is 5.99. The fraction of sp³-hybridized carbons (Fsp3) is 0.538. The summed E-state index contributed by atoms with van der Waals surface area (Å²) in [5, 5.41) is 3.54. The predicted octanol–water partition coefficient (Wildman–Crippen LogP) is 3.70. The number of hydrogen-bond acceptors (Lipinski definition) is 2. The van der Waals surface area contributed by atoms with E-state index in [1.165, 1.54) is 6.20 Å². The average molecular weight is 287 g/mol. The highest BCUT2D eigenvalue weighted by molar-refractivity contribution is 6.41. The number of nitrogens with zero attached hydrogens (tertiary/aromatic N) is 1. The molecule has 1 aliphatic carbocycles. The molecule has 5 heteroatoms. The van der Waals surface area contributed by atoms with Crippen LogP contribution in [0.5, 0.6) is 0 Å². The van der Waals surface area contributed by atoms with Crippen molar-refractivity contribution < 1.29 is 4.79 Å². The molecule has 1 amide bonds. The number of halogens is 2. The summed E-state index contributed by atoms with van der Waals surface area (Å²) in [5.74, 6) is -0.135. The highest BCUT2D eigenvalue weighted by Gasteiger charge is 2.31. The normalized spacial score (nSPS) is 21.9. The van der Waals surface area contributed by atoms with E-state index in [2.05, 4.69) is 24.1 Å². The van der Waals surface area contributed by atoms with Gasteiger partial charge in [0.05, 0.1) is 10.6 Å². The van der Waals surface area contributed by atoms with Crippen molar-refractivity contribution >= 4 is 29.1 Å². The molecular weight excluding hydrogens is 271 g/mol. The Hall–Kier alpha value is -0.800. The fourth-order valence-corrected chi connectivity index (χ4v) is 2.64. The standard InChI is InChI=1S/C13H16Cl2N2O/c1-13(2)4-3-9(6-13)17-12(18)8-5-10(14)11(15)16-7-8/h5,7,9H,3-4,6H2,1-2H3,(H,17,18). The Balaban J connectivity index is 2.02. The van der Waals surface area contributed by atoms with Crippen molar-refractivity contribution in [3.05, 3.63) is 28.0 Å². The van der Waals surface area contributed by atoms with E-state index in [-0.39, 0.29) is 17.1 Å². The maximum Gasteiger partial charge on any atom is 0.253 e. The molecule has 0 aromatic carbocycles. The van der Waals surface area contributed by atoms with E-state index in [4.69, 9.17) is 23.2 Å². The van der Waals surface area contributed by atoms with Crippen LogP contribution in [-0.4, -0.2) is 16.9 Å². The Morgan fingerprint density at radius 1 is 1.50 bits per heavy atom. The van der Waals surface area contributed by atoms with Gasteiger partial charge in [-0.2, -0.15) is 0 Å². The van der Waals surface area contributed by atoms with E-state index in [0.717, 1.165) is 19.3 Å². The molecule has 3 nitrogen and oxygen atoms in total. The molecule has 98 valence electrons. The minimum Gasteiger partial charge on any atom is -0.349 e. The smallest absolute Gasteiger partial charge is 0.253 e. The van der Waals surface area contributed by atoms with Gasteiger partial charge in [0.1, 0.15) is 5.15 Å². The minimum atomic E-state index is -0.135. The summed E-state index contributed by atoms with van der Waals surface area (Å²) in [6.45, 7) is 4.44. The Morgan fingerprint density at radius 2 is 2.22 bits per heavy atom. The number of carbonyl (C=O) groups excluding carboxylic acids is 1. The third-order valence-electron chi connectivity index (χ3n) is 3.36. The largest absolute Gasteiger partial charge is 0.349 e. The zero-order chi connectivity index (χ0) is 13.3. The molecule has 0 aliphatic heterocycles. The molecule has 1 aromatic heterocycles. The van der Waals surface area contributed by atoms with Gasteiger partial charge in [-0.25, -0.2) is 4.98 Å². The minimum absolute atomic E-state index is 0.135. The van der Waals surface area contributed by atoms with Crippen molar-refractivity contribution in [1.82, 2.24) is 10.3 Å². The quantitative estimate of drug-likeness (QED) is 0.843. The van der Waals surface area contributed by atoms with Gasteiger partial charge in [0.25, 0.3) is 5.91 Å². The first-order valence-corrected chi connectivity index (χ1v) is 6.75. The molecule has 1 heterocycles. The molecule has 0 bridgehead atoms. The molecule has 1 atom stereocenters. The molecule has 2 rings (SSSR count). The summed E-state index contributed by atoms with van der Waals surface area (Å²) in [7, 11) is 0. The molecule has 1 aromatic rings. The summed E-state index contributed by atoms with van der Waals surface area (Å²) >= 11 is 11.6. The van der Waals surface area contributed by atoms with E-state index in [9.17, 15) is 4.79 Å². The Morgan fingerprint density at radius 3 is 2.78 bits per heavy atom. The lowest BCUT2D eigenvalue weighted by Gasteiger charge is -2.17. The number of nitrogens with one attached hydrogen (secondary N) is 1. The van der Waals surface area contributed by atoms with Crippen LogP contribution < -0.4 is 5.32 Å². The van der Waals surface area contributed by atoms with Crippen LogP contribution in [0.2, 0.25) is 10.2 Å². The molecule has 1 unspecified atom stereocenters. The van der Waals surface area contributed by atoms with Crippen molar-refractivity contribution in [2.45, 2.75) is 39.2 Å². The molecule has 1 aliphatic rings. The zero-order valence-electron chi connectivity index (χ0n) is 10.5. The average Bonchev–Trinajstić information content (AvgIpc) is 2.62. The molecule has 0 radical (unpaired) electrons. The second-order valence-electron chi connectivity index (χ2n) is 5.57. The predicted molar refractivity (Wildman–Crippen MR) is 73.1 cm³/mol. The number of rotatable bonds is 2. The van der Waals surface area contributed by atoms with Crippen LogP contribution in [0, 0.1) is 5.41 Å². The molecule has 1 fully saturated rings. The van der Waals surface area contributed by atoms with Gasteiger partial charge in [-0.05, 0) is 30.7 Å². The van der Waals surface area contributed by atoms with Crippen LogP contribution in [0.25, 0.3) is 0 Å². The highest BCUT2D eigenvalue weighted by Crippen LogP contribution is 2.37. The summed E-state index contributed by atoms with van der Waals surface area (Å²) in [6.07, 6.45) is 4.61. The number of amides is 1. The van der Waals surface area contributed by atoms with Gasteiger partial charge in [-0.3, -0.25) is 4.79 Å². The summed E-state index contributed by atoms with van der Waals surface area (Å²) in [5.41, 5.74) is 0.766. The lowest BCUT2D eigenvalue weighted by Crippen LogP contribution is -2.33. The van der Waals surface area contributed by atoms with Crippen molar-refractivity contribution in [2.24, 2.45) is 5.41 Å². The molecule has 1 saturated carbocycles. The van der Waals surface area contributed by atoms with Crippen LogP contribution in [0.3, 0.4) is 0 Å². The third kappa shape index (κ3) is 3.15. The Bertz CT molecular complexity index is 474. The second kappa shape index (κ2) is 5.06. The molecule has 1 N–H and O–H groups in total. The van der Waals surface area contributed by atoms with Crippen LogP contribution >= 0.6 is 23.2 Å². The zero-order valence-corrected chi connectivity index (χ0v) is 12.0. The maximum absolute atomic E-state index is 12.0. The fourth-order valence-electron chi connectivity index (χ4n) is 2.37. The van der Waals surface area contributed by atoms with Crippen molar-refractivity contribution in [3.63, 3.8) is 0 Å². The molecule has 0 spiro atoms. The number of hydrogen-bond donors (Lipinski definition) is 1. The van der Waals surface area contributed by atoms with Gasteiger partial charge in [0.2, 0.25) is 0 Å². The van der Waals surface area contributed by atoms with Crippen LogP contribution in [0.15, 0.2) is 12.3 Å². The Labute approximate surface area is 117 Å². The van der Waals surface area contributed by atoms with Crippen LogP contribution in [0.4, 0.5) is 0 Å². The lowest BCUT2D eigenvalue weighted by atomic mass is 9.92. The summed E-state index contributed by atoms with van der Waals surface area (Å²) in [6, 6.07) is 1.79. The van der Waals surface area contributed by atoms with Gasteiger partial charge < -0.3 is 5.32 Å². The molecule has 0 saturated heterocycles. The Kier molecular flexibility index (Phi) is 3.83. The van der Waals surface area contributed by atoms with E-state index in [0.29, 0.717) is 16.0 Å². The summed E-state index contributed by atoms with van der Waals surface area (Å²) in [4.78, 5) is 15.9. The van der Waals surface area contributed by atoms with E-state index in [1.807, 2.05) is 0 Å². The summed E-state index contributed by atoms with van der Waals surface area (Å²) < 4.78 is 0. The first-order chi connectivity index (χ1) is 8.37. The monoisotopic (exact) mass is 286 g/mol. The van der Waals surface area contributed by atoms with E-state index >= 15 is 0 Å². The van der Waals surface area contributed by atoms with E-state index in [1.54, 1.807) is 6.07 Å². The van der Waals surface area contributed by atoms with Gasteiger partial charge >= 0.3 is 0 Å². The maximum atomic E-state index is 12.0. The topological polar surface area (TPSA) is 42.0 Å². The van der Waals surface area contributed by atoms with Gasteiger partial charge in [0.15, 0.2) is 0 Å². The van der Waals surface area contributed by atoms with Gasteiger partial charge in [0, 0.05) is 12.2 Å². The van der Waals surface area contributed by atoms with Crippen molar-refractivity contribution in [1.29, 1.82) is 0 Å². The molecular formula is C13H16Cl2N2O. The third-order valence-corrected chi connectivity index (χ3v) is 4.05. The van der Waals surface area contributed by atoms with Gasteiger partial charge in [-0.15, -0.1) is 0 Å². The second-order valence-corrected chi connectivity index (χ2v) is 6.34. The van der Waals surface area contributed by atoms with Crippen molar-refractivity contribution in [3.8, 4) is 0 Å². The molecule has 18 heavy (non-hydrogen) atoms. The number of pyridine rings is 1. The SMILES string of the molecule is CC1(C)CCC(NC(=O)c2cnc(Cl)c(Cl)c2)C1. The van der Waals surface area contributed by atoms with Crippen LogP contribution in [0.1, 0.15) is 43.5 Å². The van der Waals surface area contributed by atoms with E-state index < -0.39 is 0 Å². The van der Waals surface area contributed by atoms with Crippen LogP contribution in [-0.2, 0) is 0 Å². The highest BCUT2D eigenvalue weighted by atomic mass is 35.5. The lowest BCUT2D eigenvalue weighted by molar-refractivity contribution is 0.0935.